The molecule has 2 aliphatic rings. The molecule has 1 heterocycles. The average molecular weight is 552 g/mol. The second-order valence-electron chi connectivity index (χ2n) is 8.99. The molecule has 3 aromatic carbocycles. The fourth-order valence-electron chi connectivity index (χ4n) is 4.69. The summed E-state index contributed by atoms with van der Waals surface area (Å²) in [5, 5.41) is 0. The first-order valence-corrected chi connectivity index (χ1v) is 15.0. The Kier molecular flexibility index (Phi) is 6.74. The third kappa shape index (κ3) is 4.69. The van der Waals surface area contributed by atoms with Crippen LogP contribution in [0.15, 0.2) is 87.8 Å². The molecular formula is C29H30OSe2. The fraction of sp³-hybridized carbons (Fsp3) is 0.310. The van der Waals surface area contributed by atoms with E-state index in [0.29, 0.717) is 0 Å². The van der Waals surface area contributed by atoms with Crippen LogP contribution in [0.1, 0.15) is 54.9 Å². The molecule has 0 amide bonds. The van der Waals surface area contributed by atoms with E-state index in [0.717, 1.165) is 0 Å². The normalized spacial score (nSPS) is 20.1. The van der Waals surface area contributed by atoms with Crippen molar-refractivity contribution in [2.24, 2.45) is 0 Å². The van der Waals surface area contributed by atoms with Gasteiger partial charge in [0, 0.05) is 0 Å². The molecule has 5 rings (SSSR count). The van der Waals surface area contributed by atoms with Gasteiger partial charge < -0.3 is 0 Å². The Morgan fingerprint density at radius 2 is 1.25 bits per heavy atom. The van der Waals surface area contributed by atoms with Gasteiger partial charge in [0.05, 0.1) is 0 Å². The van der Waals surface area contributed by atoms with E-state index in [1.54, 1.807) is 8.94 Å². The van der Waals surface area contributed by atoms with Crippen LogP contribution in [0.2, 0.25) is 0 Å². The van der Waals surface area contributed by atoms with E-state index in [1.807, 2.05) is 0 Å². The summed E-state index contributed by atoms with van der Waals surface area (Å²) in [5.74, 6) is 0. The van der Waals surface area contributed by atoms with Crippen molar-refractivity contribution in [1.29, 1.82) is 0 Å². The van der Waals surface area contributed by atoms with Gasteiger partial charge in [-0.25, -0.2) is 0 Å². The summed E-state index contributed by atoms with van der Waals surface area (Å²) < 4.78 is 13.3. The van der Waals surface area contributed by atoms with Crippen molar-refractivity contribution in [2.45, 2.75) is 57.7 Å². The second-order valence-corrected chi connectivity index (χ2v) is 13.6. The quantitative estimate of drug-likeness (QED) is 0.388. The molecule has 1 unspecified atom stereocenters. The van der Waals surface area contributed by atoms with Crippen LogP contribution in [0.3, 0.4) is 0 Å². The van der Waals surface area contributed by atoms with Gasteiger partial charge in [-0.05, 0) is 0 Å². The molecule has 0 radical (unpaired) electrons. The predicted molar refractivity (Wildman–Crippen MR) is 136 cm³/mol. The van der Waals surface area contributed by atoms with Gasteiger partial charge in [0.1, 0.15) is 0 Å². The number of ether oxygens (including phenoxy) is 1. The Morgan fingerprint density at radius 1 is 0.688 bits per heavy atom. The SMILES string of the molecule is Cc1ccc([Se]C2=C([Se]c3ccc(C)cc3)C3(CCCCC3)OC2c2ccccc2)cc1. The van der Waals surface area contributed by atoms with Gasteiger partial charge in [0.15, 0.2) is 0 Å². The van der Waals surface area contributed by atoms with E-state index in [1.165, 1.54) is 57.7 Å². The fourth-order valence-corrected chi connectivity index (χ4v) is 10.3. The van der Waals surface area contributed by atoms with Gasteiger partial charge in [-0.15, -0.1) is 0 Å². The summed E-state index contributed by atoms with van der Waals surface area (Å²) in [6.07, 6.45) is 6.33. The topological polar surface area (TPSA) is 9.23 Å². The Bertz CT molecular complexity index is 1080. The van der Waals surface area contributed by atoms with Crippen molar-refractivity contribution >= 4 is 38.8 Å². The monoisotopic (exact) mass is 554 g/mol. The molecule has 1 spiro atoms. The molecular weight excluding hydrogens is 522 g/mol. The number of hydrogen-bond acceptors (Lipinski definition) is 1. The van der Waals surface area contributed by atoms with Gasteiger partial charge in [-0.1, -0.05) is 0 Å². The van der Waals surface area contributed by atoms with Crippen LogP contribution < -0.4 is 8.92 Å². The van der Waals surface area contributed by atoms with Crippen LogP contribution in [0.4, 0.5) is 0 Å². The summed E-state index contributed by atoms with van der Waals surface area (Å²) in [7, 11) is 0. The maximum absolute atomic E-state index is 7.15. The number of aryl methyl sites for hydroxylation is 2. The van der Waals surface area contributed by atoms with E-state index < -0.39 is 0 Å². The van der Waals surface area contributed by atoms with Crippen LogP contribution in [-0.4, -0.2) is 35.5 Å². The first-order valence-electron chi connectivity index (χ1n) is 11.6. The third-order valence-corrected chi connectivity index (χ3v) is 12.3. The minimum atomic E-state index is -0.0641. The van der Waals surface area contributed by atoms with E-state index in [2.05, 4.69) is 92.7 Å². The molecule has 1 atom stereocenters. The minimum absolute atomic E-state index is 0.0641. The number of hydrogen-bond donors (Lipinski definition) is 0. The zero-order valence-corrected chi connectivity index (χ0v) is 22.3. The molecule has 0 saturated heterocycles. The van der Waals surface area contributed by atoms with Crippen molar-refractivity contribution < 1.29 is 4.74 Å². The second kappa shape index (κ2) is 9.72. The molecule has 1 aliphatic carbocycles. The molecule has 32 heavy (non-hydrogen) atoms. The summed E-state index contributed by atoms with van der Waals surface area (Å²) >= 11 is 0.549. The molecule has 0 bridgehead atoms. The average Bonchev–Trinajstić information content (AvgIpc) is 3.10. The zero-order valence-electron chi connectivity index (χ0n) is 18.8. The van der Waals surface area contributed by atoms with Crippen molar-refractivity contribution in [3.05, 3.63) is 104 Å². The van der Waals surface area contributed by atoms with E-state index in [-0.39, 0.29) is 41.6 Å². The maximum atomic E-state index is 7.15. The Balaban J connectivity index is 1.62. The Labute approximate surface area is 205 Å². The van der Waals surface area contributed by atoms with Crippen molar-refractivity contribution in [3.8, 4) is 0 Å². The van der Waals surface area contributed by atoms with Gasteiger partial charge in [-0.2, -0.15) is 0 Å². The van der Waals surface area contributed by atoms with Crippen LogP contribution in [0, 0.1) is 13.8 Å². The molecule has 1 aliphatic heterocycles. The van der Waals surface area contributed by atoms with Crippen molar-refractivity contribution in [2.75, 3.05) is 0 Å². The van der Waals surface area contributed by atoms with Crippen LogP contribution in [-0.2, 0) is 4.74 Å². The molecule has 3 heteroatoms. The molecule has 1 nitrogen and oxygen atoms in total. The Morgan fingerprint density at radius 3 is 1.84 bits per heavy atom. The van der Waals surface area contributed by atoms with E-state index in [4.69, 9.17) is 4.74 Å². The Hall–Kier alpha value is -1.60. The molecule has 0 aromatic heterocycles. The van der Waals surface area contributed by atoms with Crippen LogP contribution in [0.25, 0.3) is 0 Å². The first kappa shape index (κ1) is 22.2. The van der Waals surface area contributed by atoms with Crippen molar-refractivity contribution in [1.82, 2.24) is 0 Å². The number of rotatable bonds is 5. The molecule has 0 N–H and O–H groups in total. The summed E-state index contributed by atoms with van der Waals surface area (Å²) in [6, 6.07) is 29.3. The van der Waals surface area contributed by atoms with Crippen LogP contribution >= 0.6 is 0 Å². The van der Waals surface area contributed by atoms with Gasteiger partial charge in [0.25, 0.3) is 0 Å². The molecule has 1 saturated carbocycles. The summed E-state index contributed by atoms with van der Waals surface area (Å²) in [5.41, 5.74) is 3.91. The molecule has 1 fully saturated rings. The van der Waals surface area contributed by atoms with Crippen molar-refractivity contribution in [3.63, 3.8) is 0 Å². The zero-order chi connectivity index (χ0) is 22.0. The summed E-state index contributed by atoms with van der Waals surface area (Å²) in [6.45, 7) is 4.35. The van der Waals surface area contributed by atoms with Gasteiger partial charge in [0.2, 0.25) is 0 Å². The molecule has 3 aromatic rings. The van der Waals surface area contributed by atoms with Crippen LogP contribution in [0.5, 0.6) is 0 Å². The summed E-state index contributed by atoms with van der Waals surface area (Å²) in [4.78, 5) is 0. The predicted octanol–water partition coefficient (Wildman–Crippen LogP) is 5.35. The number of benzene rings is 3. The van der Waals surface area contributed by atoms with Gasteiger partial charge >= 0.3 is 206 Å². The van der Waals surface area contributed by atoms with E-state index in [9.17, 15) is 0 Å². The van der Waals surface area contributed by atoms with Gasteiger partial charge in [-0.3, -0.25) is 0 Å². The van der Waals surface area contributed by atoms with E-state index >= 15 is 0 Å². The standard InChI is InChI=1S/C29H30OSe2/c1-21-11-15-24(16-12-21)31-27-26(23-9-5-3-6-10-23)30-29(19-7-4-8-20-29)28(27)32-25-17-13-22(2)14-18-25/h3,5-6,9-18,26H,4,7-8,19-20H2,1-2H3. The first-order chi connectivity index (χ1) is 15.6. The molecule has 164 valence electrons. The third-order valence-electron chi connectivity index (χ3n) is 6.47.